The highest BCUT2D eigenvalue weighted by Gasteiger charge is 2.15. The van der Waals surface area contributed by atoms with Crippen molar-refractivity contribution in [2.24, 2.45) is 5.10 Å². The van der Waals surface area contributed by atoms with Gasteiger partial charge >= 0.3 is 0 Å². The predicted molar refractivity (Wildman–Crippen MR) is 159 cm³/mol. The zero-order valence-electron chi connectivity index (χ0n) is 20.9. The number of fused-ring (bicyclic) bond motifs is 1. The number of ether oxygens (including phenoxy) is 2. The fraction of sp³-hybridized carbons (Fsp3) is 0.0645. The second kappa shape index (κ2) is 12.1. The van der Waals surface area contributed by atoms with Crippen molar-refractivity contribution >= 4 is 50.6 Å². The van der Waals surface area contributed by atoms with Gasteiger partial charge in [-0.15, -0.1) is 0 Å². The molecule has 8 heteroatoms. The van der Waals surface area contributed by atoms with Crippen LogP contribution >= 0.6 is 27.5 Å². The van der Waals surface area contributed by atoms with E-state index >= 15 is 0 Å². The molecule has 1 N–H and O–H groups in total. The minimum absolute atomic E-state index is 0.281. The Kier molecular flexibility index (Phi) is 8.20. The molecule has 1 aromatic heterocycles. The number of methoxy groups -OCH3 is 1. The SMILES string of the molecule is COc1cc(/C=N\NC(=O)c2cc(-c3ccccc3)nc3ccccc23)cc(Br)c1OCc1ccccc1Cl. The minimum Gasteiger partial charge on any atom is -0.493 e. The number of pyridine rings is 1. The number of carbonyl (C=O) groups is 1. The number of hydrazone groups is 1. The zero-order valence-corrected chi connectivity index (χ0v) is 23.2. The second-order valence-electron chi connectivity index (χ2n) is 8.55. The van der Waals surface area contributed by atoms with Gasteiger partial charge < -0.3 is 9.47 Å². The number of benzene rings is 4. The van der Waals surface area contributed by atoms with Crippen molar-refractivity contribution in [3.8, 4) is 22.8 Å². The molecule has 0 unspecified atom stereocenters. The number of aromatic nitrogens is 1. The van der Waals surface area contributed by atoms with Crippen LogP contribution < -0.4 is 14.9 Å². The van der Waals surface area contributed by atoms with Crippen molar-refractivity contribution in [2.75, 3.05) is 7.11 Å². The van der Waals surface area contributed by atoms with E-state index < -0.39 is 0 Å². The number of halogens is 2. The Hall–Kier alpha value is -4.20. The topological polar surface area (TPSA) is 72.8 Å². The number of nitrogens with zero attached hydrogens (tertiary/aromatic N) is 2. The van der Waals surface area contributed by atoms with Crippen LogP contribution in [-0.4, -0.2) is 24.2 Å². The first-order valence-corrected chi connectivity index (χ1v) is 13.2. The molecule has 0 atom stereocenters. The van der Waals surface area contributed by atoms with E-state index in [4.69, 9.17) is 26.1 Å². The summed E-state index contributed by atoms with van der Waals surface area (Å²) in [4.78, 5) is 17.9. The summed E-state index contributed by atoms with van der Waals surface area (Å²) in [5.74, 6) is 0.708. The van der Waals surface area contributed by atoms with E-state index in [9.17, 15) is 4.79 Å². The predicted octanol–water partition coefficient (Wildman–Crippen LogP) is 7.67. The van der Waals surface area contributed by atoms with Gasteiger partial charge in [0.2, 0.25) is 0 Å². The summed E-state index contributed by atoms with van der Waals surface area (Å²) in [5, 5.41) is 5.57. The monoisotopic (exact) mass is 599 g/mol. The van der Waals surface area contributed by atoms with Crippen molar-refractivity contribution in [1.82, 2.24) is 10.4 Å². The van der Waals surface area contributed by atoms with Gasteiger partial charge in [0.15, 0.2) is 11.5 Å². The lowest BCUT2D eigenvalue weighted by atomic mass is 10.0. The summed E-state index contributed by atoms with van der Waals surface area (Å²) in [6.07, 6.45) is 1.55. The number of amides is 1. The Labute approximate surface area is 239 Å². The maximum atomic E-state index is 13.2. The zero-order chi connectivity index (χ0) is 27.2. The van der Waals surface area contributed by atoms with E-state index in [0.29, 0.717) is 37.8 Å². The molecule has 0 bridgehead atoms. The van der Waals surface area contributed by atoms with Gasteiger partial charge in [0.05, 0.1) is 34.6 Å². The Morgan fingerprint density at radius 2 is 1.74 bits per heavy atom. The van der Waals surface area contributed by atoms with Gasteiger partial charge in [-0.25, -0.2) is 10.4 Å². The summed E-state index contributed by atoms with van der Waals surface area (Å²) in [6.45, 7) is 0.281. The van der Waals surface area contributed by atoms with E-state index in [1.54, 1.807) is 25.5 Å². The molecule has 5 aromatic rings. The highest BCUT2D eigenvalue weighted by atomic mass is 79.9. The van der Waals surface area contributed by atoms with Crippen molar-refractivity contribution in [3.63, 3.8) is 0 Å². The molecule has 0 spiro atoms. The first-order valence-electron chi connectivity index (χ1n) is 12.1. The minimum atomic E-state index is -0.340. The van der Waals surface area contributed by atoms with Gasteiger partial charge in [-0.2, -0.15) is 5.10 Å². The molecule has 194 valence electrons. The highest BCUT2D eigenvalue weighted by molar-refractivity contribution is 9.10. The van der Waals surface area contributed by atoms with Gasteiger partial charge in [-0.05, 0) is 51.8 Å². The number of para-hydroxylation sites is 1. The molecule has 0 saturated heterocycles. The molecule has 6 nitrogen and oxygen atoms in total. The molecule has 5 rings (SSSR count). The molecular formula is C31H23BrClN3O3. The molecule has 1 heterocycles. The normalized spacial score (nSPS) is 11.1. The fourth-order valence-corrected chi connectivity index (χ4v) is 4.83. The maximum Gasteiger partial charge on any atom is 0.272 e. The molecule has 0 radical (unpaired) electrons. The van der Waals surface area contributed by atoms with Crippen LogP contribution in [0.2, 0.25) is 5.02 Å². The molecule has 0 aliphatic heterocycles. The number of rotatable bonds is 8. The molecule has 0 aliphatic rings. The molecule has 39 heavy (non-hydrogen) atoms. The number of hydrogen-bond acceptors (Lipinski definition) is 5. The van der Waals surface area contributed by atoms with Crippen LogP contribution in [0.3, 0.4) is 0 Å². The standard InChI is InChI=1S/C31H23BrClN3O3/c1-38-29-16-20(15-25(32)30(29)39-19-22-11-5-7-13-26(22)33)18-34-36-31(37)24-17-28(21-9-3-2-4-10-21)35-27-14-8-6-12-23(24)27/h2-18H,19H2,1H3,(H,36,37)/b34-18-. The van der Waals surface area contributed by atoms with Gasteiger partial charge in [-0.3, -0.25) is 4.79 Å². The second-order valence-corrected chi connectivity index (χ2v) is 9.81. The third-order valence-electron chi connectivity index (χ3n) is 5.99. The van der Waals surface area contributed by atoms with Gasteiger partial charge in [0.25, 0.3) is 5.91 Å². The van der Waals surface area contributed by atoms with Crippen LogP contribution in [0.5, 0.6) is 11.5 Å². The van der Waals surface area contributed by atoms with E-state index in [0.717, 1.165) is 22.0 Å². The number of nitrogens with one attached hydrogen (secondary N) is 1. The Morgan fingerprint density at radius 3 is 2.54 bits per heavy atom. The van der Waals surface area contributed by atoms with E-state index in [2.05, 4.69) is 26.5 Å². The Bertz CT molecular complexity index is 1680. The largest absolute Gasteiger partial charge is 0.493 e. The summed E-state index contributed by atoms with van der Waals surface area (Å²) >= 11 is 9.80. The van der Waals surface area contributed by atoms with Crippen LogP contribution in [0.1, 0.15) is 21.5 Å². The summed E-state index contributed by atoms with van der Waals surface area (Å²) < 4.78 is 12.2. The first-order chi connectivity index (χ1) is 19.0. The lowest BCUT2D eigenvalue weighted by Crippen LogP contribution is -2.18. The summed E-state index contributed by atoms with van der Waals surface area (Å²) in [6, 6.07) is 30.2. The lowest BCUT2D eigenvalue weighted by Gasteiger charge is -2.14. The quantitative estimate of drug-likeness (QED) is 0.147. The molecule has 0 aliphatic carbocycles. The van der Waals surface area contributed by atoms with E-state index in [-0.39, 0.29) is 12.5 Å². The Morgan fingerprint density at radius 1 is 1.00 bits per heavy atom. The molecule has 0 fully saturated rings. The average molecular weight is 601 g/mol. The molecule has 4 aromatic carbocycles. The lowest BCUT2D eigenvalue weighted by molar-refractivity contribution is 0.0956. The highest BCUT2D eigenvalue weighted by Crippen LogP contribution is 2.37. The molecule has 0 saturated carbocycles. The smallest absolute Gasteiger partial charge is 0.272 e. The van der Waals surface area contributed by atoms with E-state index in [1.165, 1.54) is 0 Å². The van der Waals surface area contributed by atoms with Crippen molar-refractivity contribution in [2.45, 2.75) is 6.61 Å². The van der Waals surface area contributed by atoms with Crippen molar-refractivity contribution < 1.29 is 14.3 Å². The third-order valence-corrected chi connectivity index (χ3v) is 6.95. The van der Waals surface area contributed by atoms with Gasteiger partial charge in [-0.1, -0.05) is 78.3 Å². The fourth-order valence-electron chi connectivity index (χ4n) is 4.07. The number of hydrogen-bond donors (Lipinski definition) is 1. The third kappa shape index (κ3) is 6.11. The van der Waals surface area contributed by atoms with Crippen LogP contribution in [0.25, 0.3) is 22.2 Å². The van der Waals surface area contributed by atoms with Gasteiger partial charge in [0.1, 0.15) is 6.61 Å². The van der Waals surface area contributed by atoms with Crippen LogP contribution in [-0.2, 0) is 6.61 Å². The van der Waals surface area contributed by atoms with Crippen LogP contribution in [0.4, 0.5) is 0 Å². The molecular weight excluding hydrogens is 578 g/mol. The average Bonchev–Trinajstić information content (AvgIpc) is 2.97. The Balaban J connectivity index is 1.35. The molecule has 1 amide bonds. The van der Waals surface area contributed by atoms with Crippen LogP contribution in [0.15, 0.2) is 107 Å². The summed E-state index contributed by atoms with van der Waals surface area (Å²) in [7, 11) is 1.56. The van der Waals surface area contributed by atoms with Crippen LogP contribution in [0, 0.1) is 0 Å². The van der Waals surface area contributed by atoms with Gasteiger partial charge in [0, 0.05) is 21.5 Å². The van der Waals surface area contributed by atoms with E-state index in [1.807, 2.05) is 84.9 Å². The maximum absolute atomic E-state index is 13.2. The van der Waals surface area contributed by atoms with Crippen molar-refractivity contribution in [3.05, 3.63) is 123 Å². The summed E-state index contributed by atoms with van der Waals surface area (Å²) in [5.41, 5.74) is 7.06. The first kappa shape index (κ1) is 26.4. The number of carbonyl (C=O) groups excluding carboxylic acids is 1. The van der Waals surface area contributed by atoms with Crippen molar-refractivity contribution in [1.29, 1.82) is 0 Å².